The normalized spacial score (nSPS) is 26.7. The second-order valence-electron chi connectivity index (χ2n) is 2.47. The zero-order chi connectivity index (χ0) is 7.56. The Morgan fingerprint density at radius 3 is 2.80 bits per heavy atom. The van der Waals surface area contributed by atoms with Gasteiger partial charge in [0.25, 0.3) is 0 Å². The van der Waals surface area contributed by atoms with E-state index in [-0.39, 0.29) is 6.04 Å². The third kappa shape index (κ3) is 1.85. The number of nitrogens with two attached hydrogens (primary N) is 2. The number of urea groups is 1. The highest BCUT2D eigenvalue weighted by molar-refractivity contribution is 5.70. The topological polar surface area (TPSA) is 84.4 Å². The number of primary amides is 1. The van der Waals surface area contributed by atoms with Crippen LogP contribution >= 0.6 is 0 Å². The van der Waals surface area contributed by atoms with Crippen LogP contribution in [0.3, 0.4) is 0 Å². The minimum absolute atomic E-state index is 0.173. The van der Waals surface area contributed by atoms with Crippen molar-refractivity contribution in [2.75, 3.05) is 13.1 Å². The fourth-order valence-electron chi connectivity index (χ4n) is 1.04. The fraction of sp³-hybridized carbons (Fsp3) is 0.800. The van der Waals surface area contributed by atoms with Crippen LogP contribution in [0.5, 0.6) is 0 Å². The second kappa shape index (κ2) is 2.85. The van der Waals surface area contributed by atoms with E-state index in [9.17, 15) is 4.79 Å². The molecule has 0 saturated carbocycles. The summed E-state index contributed by atoms with van der Waals surface area (Å²) in [5.74, 6) is 0. The smallest absolute Gasteiger partial charge is 0.326 e. The Kier molecular flexibility index (Phi) is 2.08. The third-order valence-corrected chi connectivity index (χ3v) is 1.49. The molecule has 1 aliphatic heterocycles. The van der Waals surface area contributed by atoms with Gasteiger partial charge in [-0.05, 0) is 6.42 Å². The van der Waals surface area contributed by atoms with E-state index >= 15 is 0 Å². The van der Waals surface area contributed by atoms with Gasteiger partial charge < -0.3 is 11.5 Å². The lowest BCUT2D eigenvalue weighted by atomic mass is 10.3. The number of nitrogens with one attached hydrogen (secondary N) is 1. The maximum absolute atomic E-state index is 10.3. The number of amides is 2. The summed E-state index contributed by atoms with van der Waals surface area (Å²) >= 11 is 0. The van der Waals surface area contributed by atoms with Crippen LogP contribution in [0.15, 0.2) is 0 Å². The first-order valence-corrected chi connectivity index (χ1v) is 3.25. The van der Waals surface area contributed by atoms with E-state index < -0.39 is 6.03 Å². The first-order valence-electron chi connectivity index (χ1n) is 3.25. The van der Waals surface area contributed by atoms with Gasteiger partial charge in [0.2, 0.25) is 0 Å². The van der Waals surface area contributed by atoms with E-state index in [1.54, 1.807) is 5.01 Å². The number of hydrazine groups is 1. The zero-order valence-electron chi connectivity index (χ0n) is 5.71. The minimum Gasteiger partial charge on any atom is -0.351 e. The Labute approximate surface area is 59.3 Å². The molecule has 0 aromatic carbocycles. The van der Waals surface area contributed by atoms with Gasteiger partial charge in [0.05, 0.1) is 0 Å². The molecular formula is C5H12N4O. The number of carbonyl (C=O) groups excluding carboxylic acids is 1. The maximum atomic E-state index is 10.3. The first-order chi connectivity index (χ1) is 4.68. The van der Waals surface area contributed by atoms with E-state index in [4.69, 9.17) is 11.5 Å². The van der Waals surface area contributed by atoms with Crippen LogP contribution < -0.4 is 16.9 Å². The van der Waals surface area contributed by atoms with Crippen LogP contribution in [0.2, 0.25) is 0 Å². The van der Waals surface area contributed by atoms with Crippen LogP contribution in [0.4, 0.5) is 4.79 Å². The summed E-state index contributed by atoms with van der Waals surface area (Å²) in [6.45, 7) is 1.49. The summed E-state index contributed by atoms with van der Waals surface area (Å²) in [6.07, 6.45) is 0.917. The summed E-state index contributed by atoms with van der Waals surface area (Å²) in [5.41, 5.74) is 12.9. The van der Waals surface area contributed by atoms with Crippen molar-refractivity contribution in [1.29, 1.82) is 0 Å². The molecule has 5 nitrogen and oxygen atoms in total. The quantitative estimate of drug-likeness (QED) is 0.423. The zero-order valence-corrected chi connectivity index (χ0v) is 5.71. The van der Waals surface area contributed by atoms with Crippen LogP contribution in [0, 0.1) is 0 Å². The van der Waals surface area contributed by atoms with Gasteiger partial charge >= 0.3 is 6.03 Å². The van der Waals surface area contributed by atoms with Gasteiger partial charge in [-0.3, -0.25) is 5.43 Å². The van der Waals surface area contributed by atoms with Gasteiger partial charge in [0.1, 0.15) is 0 Å². The highest BCUT2D eigenvalue weighted by atomic mass is 16.2. The van der Waals surface area contributed by atoms with Gasteiger partial charge in [0.15, 0.2) is 0 Å². The Hall–Kier alpha value is -0.810. The van der Waals surface area contributed by atoms with E-state index in [2.05, 4.69) is 5.43 Å². The molecule has 0 unspecified atom stereocenters. The van der Waals surface area contributed by atoms with E-state index in [0.29, 0.717) is 6.54 Å². The van der Waals surface area contributed by atoms with E-state index in [0.717, 1.165) is 13.0 Å². The summed E-state index contributed by atoms with van der Waals surface area (Å²) < 4.78 is 0. The van der Waals surface area contributed by atoms with Crippen molar-refractivity contribution in [3.8, 4) is 0 Å². The lowest BCUT2D eigenvalue weighted by Crippen LogP contribution is -2.44. The summed E-state index contributed by atoms with van der Waals surface area (Å²) in [7, 11) is 0. The molecule has 1 atom stereocenters. The average Bonchev–Trinajstić information content (AvgIpc) is 2.13. The maximum Gasteiger partial charge on any atom is 0.326 e. The average molecular weight is 144 g/mol. The number of nitrogens with zero attached hydrogens (tertiary/aromatic N) is 1. The highest BCUT2D eigenvalue weighted by Gasteiger charge is 2.19. The van der Waals surface area contributed by atoms with Gasteiger partial charge in [-0.25, -0.2) is 9.80 Å². The molecule has 1 rings (SSSR count). The van der Waals surface area contributed by atoms with Crippen LogP contribution in [0.25, 0.3) is 0 Å². The molecular weight excluding hydrogens is 132 g/mol. The van der Waals surface area contributed by atoms with Crippen LogP contribution in [-0.2, 0) is 0 Å². The Balaban J connectivity index is 2.24. The molecule has 0 bridgehead atoms. The molecule has 5 N–H and O–H groups in total. The van der Waals surface area contributed by atoms with Crippen LogP contribution in [0.1, 0.15) is 6.42 Å². The lowest BCUT2D eigenvalue weighted by molar-refractivity contribution is 0.204. The molecule has 1 saturated heterocycles. The molecule has 5 heteroatoms. The minimum atomic E-state index is -0.519. The molecule has 0 radical (unpaired) electrons. The number of rotatable bonds is 1. The van der Waals surface area contributed by atoms with Crippen molar-refractivity contribution in [3.63, 3.8) is 0 Å². The van der Waals surface area contributed by atoms with Crippen molar-refractivity contribution < 1.29 is 4.79 Å². The molecule has 0 aromatic heterocycles. The van der Waals surface area contributed by atoms with Crippen molar-refractivity contribution in [2.45, 2.75) is 12.5 Å². The molecule has 10 heavy (non-hydrogen) atoms. The van der Waals surface area contributed by atoms with Gasteiger partial charge in [-0.15, -0.1) is 0 Å². The van der Waals surface area contributed by atoms with E-state index in [1.807, 2.05) is 0 Å². The molecule has 2 amide bonds. The summed E-state index contributed by atoms with van der Waals surface area (Å²) in [6, 6.07) is -0.346. The summed E-state index contributed by atoms with van der Waals surface area (Å²) in [5, 5.41) is 1.73. The molecule has 1 fully saturated rings. The fourth-order valence-corrected chi connectivity index (χ4v) is 1.04. The number of hydrogen-bond donors (Lipinski definition) is 3. The molecule has 58 valence electrons. The van der Waals surface area contributed by atoms with Crippen molar-refractivity contribution in [3.05, 3.63) is 0 Å². The molecule has 1 heterocycles. The lowest BCUT2D eigenvalue weighted by Gasteiger charge is -2.13. The molecule has 1 aliphatic rings. The Morgan fingerprint density at radius 2 is 2.40 bits per heavy atom. The molecule has 0 aromatic rings. The van der Waals surface area contributed by atoms with Gasteiger partial charge in [0, 0.05) is 19.1 Å². The van der Waals surface area contributed by atoms with Crippen molar-refractivity contribution in [2.24, 2.45) is 11.5 Å². The van der Waals surface area contributed by atoms with Crippen LogP contribution in [-0.4, -0.2) is 30.2 Å². The predicted octanol–water partition coefficient (Wildman–Crippen LogP) is -1.40. The van der Waals surface area contributed by atoms with Gasteiger partial charge in [-0.1, -0.05) is 0 Å². The third-order valence-electron chi connectivity index (χ3n) is 1.49. The Bertz CT molecular complexity index is 138. The van der Waals surface area contributed by atoms with Gasteiger partial charge in [-0.2, -0.15) is 0 Å². The molecule has 0 spiro atoms. The Morgan fingerprint density at radius 1 is 1.70 bits per heavy atom. The second-order valence-corrected chi connectivity index (χ2v) is 2.47. The monoisotopic (exact) mass is 144 g/mol. The first kappa shape index (κ1) is 7.30. The largest absolute Gasteiger partial charge is 0.351 e. The molecule has 0 aliphatic carbocycles. The summed E-state index contributed by atoms with van der Waals surface area (Å²) in [4.78, 5) is 10.3. The SMILES string of the molecule is NC(=O)NN1CC[C@H](N)C1. The predicted molar refractivity (Wildman–Crippen MR) is 36.9 cm³/mol. The van der Waals surface area contributed by atoms with Crippen molar-refractivity contribution >= 4 is 6.03 Å². The number of hydrogen-bond acceptors (Lipinski definition) is 3. The standard InChI is InChI=1S/C5H12N4O/c6-4-1-2-9(3-4)8-5(7)10/h4H,1-3,6H2,(H3,7,8,10)/t4-/m0/s1. The number of carbonyl (C=O) groups is 1. The van der Waals surface area contributed by atoms with E-state index in [1.165, 1.54) is 0 Å². The highest BCUT2D eigenvalue weighted by Crippen LogP contribution is 2.02. The van der Waals surface area contributed by atoms with Crippen molar-refractivity contribution in [1.82, 2.24) is 10.4 Å².